The number of hydrogen-bond donors (Lipinski definition) is 2. The topological polar surface area (TPSA) is 82.2 Å². The van der Waals surface area contributed by atoms with Crippen LogP contribution in [0.5, 0.6) is 0 Å². The molecular formula is C15H20N4O2. The summed E-state index contributed by atoms with van der Waals surface area (Å²) in [5, 5.41) is 2.89. The summed E-state index contributed by atoms with van der Waals surface area (Å²) < 4.78 is 6.88. The molecule has 112 valence electrons. The summed E-state index contributed by atoms with van der Waals surface area (Å²) in [6.07, 6.45) is 4.05. The van der Waals surface area contributed by atoms with Crippen LogP contribution in [0.2, 0.25) is 0 Å². The maximum absolute atomic E-state index is 12.2. The lowest BCUT2D eigenvalue weighted by Gasteiger charge is -2.09. The number of carbonyl (C=O) groups is 1. The summed E-state index contributed by atoms with van der Waals surface area (Å²) >= 11 is 0. The molecule has 2 aromatic rings. The summed E-state index contributed by atoms with van der Waals surface area (Å²) in [5.74, 6) is -0.226. The van der Waals surface area contributed by atoms with Gasteiger partial charge in [-0.3, -0.25) is 4.79 Å². The smallest absolute Gasteiger partial charge is 0.275 e. The van der Waals surface area contributed by atoms with Crippen molar-refractivity contribution in [1.82, 2.24) is 9.55 Å². The third-order valence-electron chi connectivity index (χ3n) is 3.09. The molecule has 2 rings (SSSR count). The van der Waals surface area contributed by atoms with Gasteiger partial charge in [0.1, 0.15) is 5.69 Å². The Labute approximate surface area is 123 Å². The van der Waals surface area contributed by atoms with E-state index >= 15 is 0 Å². The minimum absolute atomic E-state index is 0.226. The van der Waals surface area contributed by atoms with Crippen LogP contribution >= 0.6 is 0 Å². The Kier molecular flexibility index (Phi) is 5.48. The maximum atomic E-state index is 12.2. The molecule has 0 atom stereocenters. The van der Waals surface area contributed by atoms with Gasteiger partial charge in [-0.1, -0.05) is 18.2 Å². The molecule has 6 heteroatoms. The first kappa shape index (κ1) is 15.2. The van der Waals surface area contributed by atoms with Gasteiger partial charge in [-0.2, -0.15) is 0 Å². The van der Waals surface area contributed by atoms with Crippen molar-refractivity contribution >= 4 is 11.6 Å². The average Bonchev–Trinajstić information content (AvgIpc) is 2.95. The third-order valence-corrected chi connectivity index (χ3v) is 3.09. The van der Waals surface area contributed by atoms with E-state index in [-0.39, 0.29) is 5.91 Å². The van der Waals surface area contributed by atoms with Gasteiger partial charge in [-0.05, 0) is 18.1 Å². The highest BCUT2D eigenvalue weighted by Crippen LogP contribution is 2.16. The molecule has 0 radical (unpaired) electrons. The monoisotopic (exact) mass is 288 g/mol. The summed E-state index contributed by atoms with van der Waals surface area (Å²) in [7, 11) is 1.66. The van der Waals surface area contributed by atoms with E-state index in [0.717, 1.165) is 17.7 Å². The van der Waals surface area contributed by atoms with Crippen LogP contribution in [0, 0.1) is 0 Å². The third kappa shape index (κ3) is 4.14. The van der Waals surface area contributed by atoms with E-state index < -0.39 is 0 Å². The van der Waals surface area contributed by atoms with Crippen molar-refractivity contribution in [1.29, 1.82) is 0 Å². The number of nitrogens with one attached hydrogen (secondary N) is 1. The van der Waals surface area contributed by atoms with Gasteiger partial charge >= 0.3 is 0 Å². The molecular weight excluding hydrogens is 268 g/mol. The van der Waals surface area contributed by atoms with E-state index in [2.05, 4.69) is 10.3 Å². The van der Waals surface area contributed by atoms with E-state index in [1.165, 1.54) is 0 Å². The van der Waals surface area contributed by atoms with Gasteiger partial charge in [0.05, 0.1) is 12.9 Å². The molecule has 1 amide bonds. The fraction of sp³-hybridized carbons (Fsp3) is 0.333. The fourth-order valence-corrected chi connectivity index (χ4v) is 2.01. The molecule has 0 bridgehead atoms. The number of ether oxygens (including phenoxy) is 1. The number of para-hydroxylation sites is 1. The number of benzene rings is 1. The first-order chi connectivity index (χ1) is 10.2. The zero-order valence-electron chi connectivity index (χ0n) is 12.1. The number of carbonyl (C=O) groups excluding carboxylic acids is 1. The molecule has 1 aromatic carbocycles. The standard InChI is InChI=1S/C15H20N4O2/c1-21-9-6-12-4-2-3-5-13(12)18-15(20)14-10-19(8-7-16)11-17-14/h2-5,10-11H,6-9,16H2,1H3,(H,18,20). The minimum atomic E-state index is -0.226. The Morgan fingerprint density at radius 2 is 2.24 bits per heavy atom. The van der Waals surface area contributed by atoms with Crippen LogP contribution in [0.3, 0.4) is 0 Å². The summed E-state index contributed by atoms with van der Waals surface area (Å²) in [5.41, 5.74) is 7.68. The second kappa shape index (κ2) is 7.56. The second-order valence-corrected chi connectivity index (χ2v) is 4.64. The van der Waals surface area contributed by atoms with Gasteiger partial charge in [0, 0.05) is 32.1 Å². The zero-order chi connectivity index (χ0) is 15.1. The summed E-state index contributed by atoms with van der Waals surface area (Å²) in [6, 6.07) is 7.68. The lowest BCUT2D eigenvalue weighted by atomic mass is 10.1. The molecule has 1 heterocycles. The van der Waals surface area contributed by atoms with Gasteiger partial charge in [0.2, 0.25) is 0 Å². The highest BCUT2D eigenvalue weighted by Gasteiger charge is 2.11. The van der Waals surface area contributed by atoms with E-state index in [0.29, 0.717) is 25.4 Å². The Morgan fingerprint density at radius 1 is 1.43 bits per heavy atom. The Morgan fingerprint density at radius 3 is 3.00 bits per heavy atom. The van der Waals surface area contributed by atoms with E-state index in [9.17, 15) is 4.79 Å². The molecule has 3 N–H and O–H groups in total. The molecule has 0 saturated carbocycles. The summed E-state index contributed by atoms with van der Waals surface area (Å²) in [4.78, 5) is 16.3. The maximum Gasteiger partial charge on any atom is 0.275 e. The quantitative estimate of drug-likeness (QED) is 0.804. The number of nitrogens with two attached hydrogens (primary N) is 1. The SMILES string of the molecule is COCCc1ccccc1NC(=O)c1cn(CCN)cn1. The molecule has 21 heavy (non-hydrogen) atoms. The van der Waals surface area contributed by atoms with Crippen molar-refractivity contribution in [2.45, 2.75) is 13.0 Å². The molecule has 0 fully saturated rings. The number of nitrogens with zero attached hydrogens (tertiary/aromatic N) is 2. The fourth-order valence-electron chi connectivity index (χ4n) is 2.01. The van der Waals surface area contributed by atoms with Crippen LogP contribution in [0.1, 0.15) is 16.1 Å². The van der Waals surface area contributed by atoms with Crippen molar-refractivity contribution < 1.29 is 9.53 Å². The molecule has 0 aliphatic carbocycles. The predicted octanol–water partition coefficient (Wildman–Crippen LogP) is 1.28. The van der Waals surface area contributed by atoms with Gasteiger partial charge in [-0.15, -0.1) is 0 Å². The van der Waals surface area contributed by atoms with Gasteiger partial charge < -0.3 is 20.4 Å². The number of imidazole rings is 1. The Hall–Kier alpha value is -2.18. The average molecular weight is 288 g/mol. The number of aromatic nitrogens is 2. The second-order valence-electron chi connectivity index (χ2n) is 4.64. The summed E-state index contributed by atoms with van der Waals surface area (Å²) in [6.45, 7) is 1.76. The molecule has 1 aromatic heterocycles. The van der Waals surface area contributed by atoms with Crippen LogP contribution in [0.25, 0.3) is 0 Å². The first-order valence-electron chi connectivity index (χ1n) is 6.84. The molecule has 6 nitrogen and oxygen atoms in total. The lowest BCUT2D eigenvalue weighted by Crippen LogP contribution is -2.14. The van der Waals surface area contributed by atoms with Crippen molar-refractivity contribution in [2.24, 2.45) is 5.73 Å². The molecule has 0 unspecified atom stereocenters. The van der Waals surface area contributed by atoms with Gasteiger partial charge in [0.15, 0.2) is 0 Å². The molecule has 0 spiro atoms. The highest BCUT2D eigenvalue weighted by molar-refractivity contribution is 6.03. The van der Waals surface area contributed by atoms with E-state index in [1.54, 1.807) is 24.2 Å². The first-order valence-corrected chi connectivity index (χ1v) is 6.84. The Bertz CT molecular complexity index is 595. The number of rotatable bonds is 7. The van der Waals surface area contributed by atoms with Crippen LogP contribution < -0.4 is 11.1 Å². The number of methoxy groups -OCH3 is 1. The van der Waals surface area contributed by atoms with Gasteiger partial charge in [-0.25, -0.2) is 4.98 Å². The number of anilines is 1. The van der Waals surface area contributed by atoms with E-state index in [4.69, 9.17) is 10.5 Å². The van der Waals surface area contributed by atoms with Crippen molar-refractivity contribution in [3.8, 4) is 0 Å². The largest absolute Gasteiger partial charge is 0.384 e. The van der Waals surface area contributed by atoms with Gasteiger partial charge in [0.25, 0.3) is 5.91 Å². The van der Waals surface area contributed by atoms with Crippen LogP contribution in [0.15, 0.2) is 36.8 Å². The molecule has 0 aliphatic heterocycles. The Balaban J connectivity index is 2.07. The minimum Gasteiger partial charge on any atom is -0.384 e. The van der Waals surface area contributed by atoms with Crippen LogP contribution in [0.4, 0.5) is 5.69 Å². The van der Waals surface area contributed by atoms with Crippen LogP contribution in [-0.2, 0) is 17.7 Å². The highest BCUT2D eigenvalue weighted by atomic mass is 16.5. The lowest BCUT2D eigenvalue weighted by molar-refractivity contribution is 0.102. The van der Waals surface area contributed by atoms with E-state index in [1.807, 2.05) is 24.3 Å². The van der Waals surface area contributed by atoms with Crippen molar-refractivity contribution in [3.05, 3.63) is 48.0 Å². The normalized spacial score (nSPS) is 10.6. The molecule has 0 saturated heterocycles. The molecule has 0 aliphatic rings. The van der Waals surface area contributed by atoms with Crippen molar-refractivity contribution in [3.63, 3.8) is 0 Å². The zero-order valence-corrected chi connectivity index (χ0v) is 12.1. The predicted molar refractivity (Wildman–Crippen MR) is 81.3 cm³/mol. The number of amides is 1. The van der Waals surface area contributed by atoms with Crippen molar-refractivity contribution in [2.75, 3.05) is 25.6 Å². The number of hydrogen-bond acceptors (Lipinski definition) is 4. The van der Waals surface area contributed by atoms with Crippen LogP contribution in [-0.4, -0.2) is 35.7 Å².